The standard InChI is InChI=1S/C21H17ClN4O5S/c22-14-4-9-18-17(11-14)26(13-21(28)31-18)12-20(27)24-15-5-7-16(8-6-15)32(29,30)25-19-3-1-2-10-23-19/h1-11H,12-13H2,(H,23,25)(H,24,27). The fraction of sp³-hybridized carbons (Fsp3) is 0.0952. The number of pyridine rings is 1. The minimum Gasteiger partial charge on any atom is -0.423 e. The molecule has 32 heavy (non-hydrogen) atoms. The van der Waals surface area contributed by atoms with Gasteiger partial charge in [-0.25, -0.2) is 18.2 Å². The summed E-state index contributed by atoms with van der Waals surface area (Å²) in [5, 5.41) is 3.13. The van der Waals surface area contributed by atoms with E-state index in [4.69, 9.17) is 16.3 Å². The van der Waals surface area contributed by atoms with E-state index in [-0.39, 0.29) is 23.8 Å². The number of ether oxygens (including phenoxy) is 1. The number of amides is 1. The van der Waals surface area contributed by atoms with Crippen LogP contribution < -0.4 is 19.7 Å². The van der Waals surface area contributed by atoms with Crippen molar-refractivity contribution in [2.24, 2.45) is 0 Å². The van der Waals surface area contributed by atoms with Crippen LogP contribution in [0.15, 0.2) is 71.8 Å². The lowest BCUT2D eigenvalue weighted by Gasteiger charge is -2.29. The lowest BCUT2D eigenvalue weighted by Crippen LogP contribution is -2.41. The SMILES string of the molecule is O=C(CN1CC(=O)Oc2ccc(Cl)cc21)Nc1ccc(S(=O)(=O)Nc2ccccn2)cc1. The maximum atomic E-state index is 12.5. The van der Waals surface area contributed by atoms with Gasteiger partial charge in [0, 0.05) is 16.9 Å². The number of fused-ring (bicyclic) bond motifs is 1. The van der Waals surface area contributed by atoms with Gasteiger partial charge < -0.3 is 15.0 Å². The van der Waals surface area contributed by atoms with Crippen LogP contribution in [0.25, 0.3) is 0 Å². The lowest BCUT2D eigenvalue weighted by molar-refractivity contribution is -0.133. The fourth-order valence-corrected chi connectivity index (χ4v) is 4.25. The summed E-state index contributed by atoms with van der Waals surface area (Å²) in [6.07, 6.45) is 1.48. The van der Waals surface area contributed by atoms with Crippen molar-refractivity contribution in [3.05, 3.63) is 71.9 Å². The first-order chi connectivity index (χ1) is 15.3. The summed E-state index contributed by atoms with van der Waals surface area (Å²) in [6.45, 7) is -0.221. The van der Waals surface area contributed by atoms with E-state index >= 15 is 0 Å². The Balaban J connectivity index is 1.42. The molecule has 0 bridgehead atoms. The minimum atomic E-state index is -3.82. The molecule has 0 fully saturated rings. The smallest absolute Gasteiger partial charge is 0.331 e. The third-order valence-electron chi connectivity index (χ3n) is 4.49. The topological polar surface area (TPSA) is 118 Å². The first-order valence-electron chi connectivity index (χ1n) is 9.39. The van der Waals surface area contributed by atoms with Crippen molar-refractivity contribution in [1.82, 2.24) is 4.98 Å². The molecular formula is C21H17ClN4O5S. The zero-order valence-electron chi connectivity index (χ0n) is 16.5. The number of nitrogens with zero attached hydrogens (tertiary/aromatic N) is 2. The number of benzene rings is 2. The third kappa shape index (κ3) is 4.98. The number of carbonyl (C=O) groups excluding carboxylic acids is 2. The number of hydrogen-bond donors (Lipinski definition) is 2. The number of hydrogen-bond acceptors (Lipinski definition) is 7. The van der Waals surface area contributed by atoms with Gasteiger partial charge in [-0.3, -0.25) is 9.52 Å². The van der Waals surface area contributed by atoms with E-state index in [0.717, 1.165) is 0 Å². The highest BCUT2D eigenvalue weighted by Gasteiger charge is 2.26. The first kappa shape index (κ1) is 21.6. The van der Waals surface area contributed by atoms with Crippen molar-refractivity contribution in [3.8, 4) is 5.75 Å². The molecule has 0 atom stereocenters. The summed E-state index contributed by atoms with van der Waals surface area (Å²) in [6, 6.07) is 15.3. The Labute approximate surface area is 189 Å². The van der Waals surface area contributed by atoms with Gasteiger partial charge in [0.2, 0.25) is 5.91 Å². The average molecular weight is 473 g/mol. The molecular weight excluding hydrogens is 456 g/mol. The maximum absolute atomic E-state index is 12.5. The van der Waals surface area contributed by atoms with E-state index in [2.05, 4.69) is 15.0 Å². The lowest BCUT2D eigenvalue weighted by atomic mass is 10.2. The normalized spacial score (nSPS) is 13.2. The van der Waals surface area contributed by atoms with E-state index in [0.29, 0.717) is 22.1 Å². The summed E-state index contributed by atoms with van der Waals surface area (Å²) in [4.78, 5) is 29.9. The van der Waals surface area contributed by atoms with Crippen LogP contribution in [0.3, 0.4) is 0 Å². The van der Waals surface area contributed by atoms with Gasteiger partial charge in [-0.15, -0.1) is 0 Å². The van der Waals surface area contributed by atoms with Gasteiger partial charge in [0.1, 0.15) is 12.4 Å². The van der Waals surface area contributed by atoms with Gasteiger partial charge in [-0.05, 0) is 54.6 Å². The molecule has 0 radical (unpaired) electrons. The van der Waals surface area contributed by atoms with E-state index in [9.17, 15) is 18.0 Å². The first-order valence-corrected chi connectivity index (χ1v) is 11.3. The largest absolute Gasteiger partial charge is 0.423 e. The second-order valence-corrected chi connectivity index (χ2v) is 8.95. The Morgan fingerprint density at radius 2 is 1.91 bits per heavy atom. The zero-order valence-corrected chi connectivity index (χ0v) is 18.1. The van der Waals surface area contributed by atoms with Crippen LogP contribution in [0.5, 0.6) is 5.75 Å². The minimum absolute atomic E-state index is 0.0171. The maximum Gasteiger partial charge on any atom is 0.331 e. The van der Waals surface area contributed by atoms with Crippen LogP contribution in [-0.4, -0.2) is 38.4 Å². The number of anilines is 3. The van der Waals surface area contributed by atoms with E-state index in [1.54, 1.807) is 35.2 Å². The molecule has 0 unspecified atom stereocenters. The Kier molecular flexibility index (Phi) is 5.97. The van der Waals surface area contributed by atoms with Crippen LogP contribution in [0, 0.1) is 0 Å². The van der Waals surface area contributed by atoms with E-state index < -0.39 is 21.9 Å². The van der Waals surface area contributed by atoms with Crippen LogP contribution in [-0.2, 0) is 19.6 Å². The number of esters is 1. The summed E-state index contributed by atoms with van der Waals surface area (Å²) in [5.74, 6) is -0.353. The van der Waals surface area contributed by atoms with Crippen LogP contribution in [0.4, 0.5) is 17.2 Å². The summed E-state index contributed by atoms with van der Waals surface area (Å²) < 4.78 is 32.5. The number of aromatic nitrogens is 1. The molecule has 164 valence electrons. The second-order valence-electron chi connectivity index (χ2n) is 6.84. The molecule has 2 heterocycles. The molecule has 4 rings (SSSR count). The molecule has 11 heteroatoms. The van der Waals surface area contributed by atoms with E-state index in [1.165, 1.54) is 36.5 Å². The van der Waals surface area contributed by atoms with Crippen LogP contribution >= 0.6 is 11.6 Å². The van der Waals surface area contributed by atoms with Crippen molar-refractivity contribution in [1.29, 1.82) is 0 Å². The van der Waals surface area contributed by atoms with Gasteiger partial charge in [0.05, 0.1) is 17.1 Å². The van der Waals surface area contributed by atoms with Crippen molar-refractivity contribution in [2.75, 3.05) is 28.0 Å². The Morgan fingerprint density at radius 1 is 1.12 bits per heavy atom. The molecule has 0 saturated heterocycles. The molecule has 3 aromatic rings. The monoisotopic (exact) mass is 472 g/mol. The Bertz CT molecular complexity index is 1270. The highest BCUT2D eigenvalue weighted by molar-refractivity contribution is 7.92. The number of nitrogens with one attached hydrogen (secondary N) is 2. The summed E-state index contributed by atoms with van der Waals surface area (Å²) in [7, 11) is -3.82. The molecule has 1 amide bonds. The van der Waals surface area contributed by atoms with Crippen molar-refractivity contribution >= 4 is 50.7 Å². The number of halogens is 1. The molecule has 2 N–H and O–H groups in total. The molecule has 0 aliphatic carbocycles. The van der Waals surface area contributed by atoms with Gasteiger partial charge in [0.25, 0.3) is 10.0 Å². The van der Waals surface area contributed by atoms with Gasteiger partial charge in [0.15, 0.2) is 5.75 Å². The molecule has 0 saturated carbocycles. The Morgan fingerprint density at radius 3 is 2.62 bits per heavy atom. The van der Waals surface area contributed by atoms with Crippen molar-refractivity contribution in [3.63, 3.8) is 0 Å². The van der Waals surface area contributed by atoms with Crippen molar-refractivity contribution < 1.29 is 22.7 Å². The highest BCUT2D eigenvalue weighted by Crippen LogP contribution is 2.34. The van der Waals surface area contributed by atoms with Gasteiger partial charge in [-0.2, -0.15) is 0 Å². The molecule has 1 aliphatic heterocycles. The molecule has 2 aromatic carbocycles. The number of carbonyl (C=O) groups is 2. The molecule has 0 spiro atoms. The van der Waals surface area contributed by atoms with Crippen LogP contribution in [0.1, 0.15) is 0 Å². The summed E-state index contributed by atoms with van der Waals surface area (Å²) >= 11 is 6.02. The highest BCUT2D eigenvalue weighted by atomic mass is 35.5. The third-order valence-corrected chi connectivity index (χ3v) is 6.10. The van der Waals surface area contributed by atoms with Crippen LogP contribution in [0.2, 0.25) is 5.02 Å². The van der Waals surface area contributed by atoms with Gasteiger partial charge >= 0.3 is 5.97 Å². The average Bonchev–Trinajstić information content (AvgIpc) is 2.75. The number of sulfonamides is 1. The molecule has 1 aromatic heterocycles. The molecule has 1 aliphatic rings. The summed E-state index contributed by atoms with van der Waals surface area (Å²) in [5.41, 5.74) is 0.937. The fourth-order valence-electron chi connectivity index (χ4n) is 3.07. The molecule has 9 nitrogen and oxygen atoms in total. The second kappa shape index (κ2) is 8.85. The quantitative estimate of drug-likeness (QED) is 0.418. The van der Waals surface area contributed by atoms with Gasteiger partial charge in [-0.1, -0.05) is 17.7 Å². The van der Waals surface area contributed by atoms with Crippen molar-refractivity contribution in [2.45, 2.75) is 4.90 Å². The predicted molar refractivity (Wildman–Crippen MR) is 119 cm³/mol. The zero-order chi connectivity index (χ0) is 22.7. The predicted octanol–water partition coefficient (Wildman–Crippen LogP) is 2.90. The van der Waals surface area contributed by atoms with E-state index in [1.807, 2.05) is 0 Å². The Hall–Kier alpha value is -3.63. The number of rotatable bonds is 6.